The third kappa shape index (κ3) is 4.03. The summed E-state index contributed by atoms with van der Waals surface area (Å²) in [6, 6.07) is 20.4. The van der Waals surface area contributed by atoms with Gasteiger partial charge in [-0.2, -0.15) is 5.26 Å². The average Bonchev–Trinajstić information content (AvgIpc) is 2.77. The molecule has 4 rings (SSSR count). The van der Waals surface area contributed by atoms with Gasteiger partial charge in [0.25, 0.3) is 0 Å². The number of phenolic OH excluding ortho intramolecular Hbond substituents is 1. The molecule has 6 nitrogen and oxygen atoms in total. The molecule has 0 bridgehead atoms. The van der Waals surface area contributed by atoms with E-state index in [-0.39, 0.29) is 17.2 Å². The van der Waals surface area contributed by atoms with E-state index < -0.39 is 5.92 Å². The summed E-state index contributed by atoms with van der Waals surface area (Å²) in [5, 5.41) is 19.6. The molecular formula is C24H19BrN2O4. The van der Waals surface area contributed by atoms with Crippen molar-refractivity contribution in [1.29, 1.82) is 5.26 Å². The second-order valence-electron chi connectivity index (χ2n) is 6.95. The van der Waals surface area contributed by atoms with E-state index in [9.17, 15) is 10.4 Å². The maximum absolute atomic E-state index is 9.83. The molecule has 1 heterocycles. The normalized spacial score (nSPS) is 14.9. The molecule has 0 saturated heterocycles. The molecule has 7 heteroatoms. The first-order valence-electron chi connectivity index (χ1n) is 9.46. The maximum atomic E-state index is 9.83. The summed E-state index contributed by atoms with van der Waals surface area (Å²) in [5.74, 6) is 1.04. The van der Waals surface area contributed by atoms with Gasteiger partial charge in [0.05, 0.1) is 13.0 Å². The first kappa shape index (κ1) is 20.6. The van der Waals surface area contributed by atoms with Gasteiger partial charge in [0.1, 0.15) is 29.7 Å². The molecule has 0 unspecified atom stereocenters. The largest absolute Gasteiger partial charge is 0.508 e. The highest BCUT2D eigenvalue weighted by molar-refractivity contribution is 9.10. The van der Waals surface area contributed by atoms with Crippen molar-refractivity contribution in [3.8, 4) is 29.1 Å². The second kappa shape index (κ2) is 8.62. The number of hydrogen-bond donors (Lipinski definition) is 2. The zero-order valence-electron chi connectivity index (χ0n) is 16.6. The van der Waals surface area contributed by atoms with Crippen LogP contribution in [0.2, 0.25) is 0 Å². The van der Waals surface area contributed by atoms with Crippen LogP contribution in [-0.4, -0.2) is 12.2 Å². The van der Waals surface area contributed by atoms with Gasteiger partial charge in [0.2, 0.25) is 5.88 Å². The smallest absolute Gasteiger partial charge is 0.205 e. The van der Waals surface area contributed by atoms with E-state index in [0.29, 0.717) is 29.4 Å². The molecule has 0 aliphatic carbocycles. The Balaban J connectivity index is 1.76. The van der Waals surface area contributed by atoms with E-state index in [4.69, 9.17) is 19.9 Å². The van der Waals surface area contributed by atoms with Crippen molar-refractivity contribution in [1.82, 2.24) is 0 Å². The highest BCUT2D eigenvalue weighted by Gasteiger charge is 2.33. The molecule has 0 amide bonds. The summed E-state index contributed by atoms with van der Waals surface area (Å²) in [6.07, 6.45) is 0. The maximum Gasteiger partial charge on any atom is 0.205 e. The molecule has 1 atom stereocenters. The van der Waals surface area contributed by atoms with Crippen molar-refractivity contribution in [2.24, 2.45) is 5.73 Å². The summed E-state index contributed by atoms with van der Waals surface area (Å²) < 4.78 is 17.9. The van der Waals surface area contributed by atoms with Gasteiger partial charge in [0, 0.05) is 16.1 Å². The van der Waals surface area contributed by atoms with Gasteiger partial charge in [-0.15, -0.1) is 0 Å². The van der Waals surface area contributed by atoms with E-state index in [1.165, 1.54) is 6.07 Å². The van der Waals surface area contributed by atoms with Crippen LogP contribution in [0.1, 0.15) is 22.6 Å². The number of rotatable bonds is 5. The number of fused-ring (bicyclic) bond motifs is 1. The molecule has 0 radical (unpaired) electrons. The van der Waals surface area contributed by atoms with E-state index in [1.54, 1.807) is 19.2 Å². The van der Waals surface area contributed by atoms with Crippen LogP contribution >= 0.6 is 15.9 Å². The van der Waals surface area contributed by atoms with Gasteiger partial charge in [-0.25, -0.2) is 0 Å². The molecular weight excluding hydrogens is 460 g/mol. The second-order valence-corrected chi connectivity index (χ2v) is 7.80. The number of aromatic hydroxyl groups is 1. The molecule has 3 aromatic rings. The monoisotopic (exact) mass is 478 g/mol. The minimum atomic E-state index is -0.499. The summed E-state index contributed by atoms with van der Waals surface area (Å²) in [5.41, 5.74) is 8.81. The number of benzene rings is 3. The van der Waals surface area contributed by atoms with Crippen LogP contribution in [0.25, 0.3) is 0 Å². The molecule has 0 spiro atoms. The number of allylic oxidation sites excluding steroid dienone is 1. The minimum Gasteiger partial charge on any atom is -0.508 e. The third-order valence-corrected chi connectivity index (χ3v) is 5.72. The average molecular weight is 479 g/mol. The summed E-state index contributed by atoms with van der Waals surface area (Å²) in [4.78, 5) is 0. The van der Waals surface area contributed by atoms with Gasteiger partial charge in [-0.1, -0.05) is 52.3 Å². The fraction of sp³-hybridized carbons (Fsp3) is 0.125. The topological polar surface area (TPSA) is 97.7 Å². The number of methoxy groups -OCH3 is 1. The van der Waals surface area contributed by atoms with Gasteiger partial charge in [-0.3, -0.25) is 0 Å². The van der Waals surface area contributed by atoms with Crippen molar-refractivity contribution < 1.29 is 19.3 Å². The number of ether oxygens (including phenoxy) is 3. The number of hydrogen-bond acceptors (Lipinski definition) is 6. The number of phenols is 1. The Morgan fingerprint density at radius 2 is 1.87 bits per heavy atom. The van der Waals surface area contributed by atoms with Crippen LogP contribution in [-0.2, 0) is 6.61 Å². The summed E-state index contributed by atoms with van der Waals surface area (Å²) in [7, 11) is 1.56. The first-order valence-corrected chi connectivity index (χ1v) is 10.3. The third-order valence-electron chi connectivity index (χ3n) is 5.03. The lowest BCUT2D eigenvalue weighted by Crippen LogP contribution is -2.21. The summed E-state index contributed by atoms with van der Waals surface area (Å²) >= 11 is 3.62. The lowest BCUT2D eigenvalue weighted by atomic mass is 9.83. The standard InChI is InChI=1S/C24H19BrN2O4/c1-29-21-10-17(19(25)11-22(21)30-13-14-5-3-2-4-6-14)23-16-8-7-15(28)9-20(16)31-24(27)18(23)12-26/h2-11,23,28H,13,27H2,1H3/t23-/m0/s1. The zero-order chi connectivity index (χ0) is 22.0. The van der Waals surface area contributed by atoms with Crippen LogP contribution in [0.5, 0.6) is 23.0 Å². The van der Waals surface area contributed by atoms with Crippen molar-refractivity contribution in [3.63, 3.8) is 0 Å². The molecule has 3 N–H and O–H groups in total. The first-order chi connectivity index (χ1) is 15.0. The zero-order valence-corrected chi connectivity index (χ0v) is 18.2. The van der Waals surface area contributed by atoms with Crippen molar-refractivity contribution in [3.05, 3.63) is 93.3 Å². The molecule has 0 aromatic heterocycles. The predicted octanol–water partition coefficient (Wildman–Crippen LogP) is 4.96. The highest BCUT2D eigenvalue weighted by Crippen LogP contribution is 2.47. The van der Waals surface area contributed by atoms with Crippen LogP contribution in [0.15, 0.2) is 76.6 Å². The molecule has 31 heavy (non-hydrogen) atoms. The van der Waals surface area contributed by atoms with E-state index >= 15 is 0 Å². The Bertz CT molecular complexity index is 1200. The Labute approximate surface area is 188 Å². The van der Waals surface area contributed by atoms with Gasteiger partial charge >= 0.3 is 0 Å². The summed E-state index contributed by atoms with van der Waals surface area (Å²) in [6.45, 7) is 0.388. The Kier molecular flexibility index (Phi) is 5.74. The SMILES string of the molecule is COc1cc([C@H]2C(C#N)=C(N)Oc3cc(O)ccc32)c(Br)cc1OCc1ccccc1. The van der Waals surface area contributed by atoms with Crippen molar-refractivity contribution >= 4 is 15.9 Å². The lowest BCUT2D eigenvalue weighted by molar-refractivity contribution is 0.284. The minimum absolute atomic E-state index is 0.000806. The number of nitriles is 1. The van der Waals surface area contributed by atoms with Gasteiger partial charge in [0.15, 0.2) is 11.5 Å². The van der Waals surface area contributed by atoms with E-state index in [1.807, 2.05) is 42.5 Å². The molecule has 156 valence electrons. The molecule has 3 aromatic carbocycles. The van der Waals surface area contributed by atoms with E-state index in [0.717, 1.165) is 15.6 Å². The van der Waals surface area contributed by atoms with Crippen LogP contribution in [0.4, 0.5) is 0 Å². The lowest BCUT2D eigenvalue weighted by Gasteiger charge is -2.27. The van der Waals surface area contributed by atoms with Gasteiger partial charge in [-0.05, 0) is 29.3 Å². The number of nitrogens with zero attached hydrogens (tertiary/aromatic N) is 1. The van der Waals surface area contributed by atoms with Crippen LogP contribution < -0.4 is 19.9 Å². The molecule has 1 aliphatic heterocycles. The van der Waals surface area contributed by atoms with Crippen LogP contribution in [0, 0.1) is 11.3 Å². The fourth-order valence-corrected chi connectivity index (χ4v) is 4.09. The van der Waals surface area contributed by atoms with Gasteiger partial charge < -0.3 is 25.1 Å². The Morgan fingerprint density at radius 3 is 2.58 bits per heavy atom. The highest BCUT2D eigenvalue weighted by atomic mass is 79.9. The molecule has 0 fully saturated rings. The Hall–Kier alpha value is -3.63. The number of halogens is 1. The quantitative estimate of drug-likeness (QED) is 0.537. The number of nitrogens with two attached hydrogens (primary N) is 1. The fourth-order valence-electron chi connectivity index (χ4n) is 3.54. The van der Waals surface area contributed by atoms with Crippen LogP contribution in [0.3, 0.4) is 0 Å². The van der Waals surface area contributed by atoms with Crippen molar-refractivity contribution in [2.75, 3.05) is 7.11 Å². The Morgan fingerprint density at radius 1 is 1.10 bits per heavy atom. The predicted molar refractivity (Wildman–Crippen MR) is 119 cm³/mol. The molecule has 1 aliphatic rings. The van der Waals surface area contributed by atoms with Crippen molar-refractivity contribution in [2.45, 2.75) is 12.5 Å². The molecule has 0 saturated carbocycles. The van der Waals surface area contributed by atoms with E-state index in [2.05, 4.69) is 22.0 Å².